The van der Waals surface area contributed by atoms with Crippen LogP contribution in [0.2, 0.25) is 0 Å². The fourth-order valence-corrected chi connectivity index (χ4v) is 4.57. The van der Waals surface area contributed by atoms with Gasteiger partial charge in [0.05, 0.1) is 13.2 Å². The molecule has 4 aromatic rings. The molecule has 178 valence electrons. The molecule has 0 spiro atoms. The van der Waals surface area contributed by atoms with Gasteiger partial charge in [0, 0.05) is 38.4 Å². The van der Waals surface area contributed by atoms with Gasteiger partial charge in [-0.2, -0.15) is 0 Å². The van der Waals surface area contributed by atoms with E-state index in [4.69, 9.17) is 9.47 Å². The molecular weight excluding hydrogens is 432 g/mol. The highest BCUT2D eigenvalue weighted by molar-refractivity contribution is 5.65. The Kier molecular flexibility index (Phi) is 7.52. The minimum atomic E-state index is 0.541. The number of benzene rings is 3. The molecule has 5 rings (SSSR count). The zero-order chi connectivity index (χ0) is 23.9. The highest BCUT2D eigenvalue weighted by atomic mass is 16.5. The number of hydrogen-bond donors (Lipinski definition) is 0. The minimum absolute atomic E-state index is 0.541. The summed E-state index contributed by atoms with van der Waals surface area (Å²) in [7, 11) is 0. The van der Waals surface area contributed by atoms with Crippen molar-refractivity contribution in [2.75, 3.05) is 26.4 Å². The molecule has 2 heterocycles. The topological polar surface area (TPSA) is 34.6 Å². The molecule has 4 nitrogen and oxygen atoms in total. The Balaban J connectivity index is 1.41. The second-order valence-electron chi connectivity index (χ2n) is 9.21. The van der Waals surface area contributed by atoms with Crippen LogP contribution in [0.5, 0.6) is 5.75 Å². The normalized spacial score (nSPS) is 15.0. The third-order valence-corrected chi connectivity index (χ3v) is 6.43. The first-order valence-corrected chi connectivity index (χ1v) is 12.3. The SMILES string of the molecule is Cc1ccc(CN2CCOCCOc3ccc(-c4ccncc4)cc3Cc3cccc(c3)C2)cc1. The lowest BCUT2D eigenvalue weighted by atomic mass is 9.97. The Morgan fingerprint density at radius 2 is 1.63 bits per heavy atom. The maximum Gasteiger partial charge on any atom is 0.122 e. The Bertz CT molecular complexity index is 1240. The fourth-order valence-electron chi connectivity index (χ4n) is 4.57. The molecular formula is C31H32N2O2. The Morgan fingerprint density at radius 1 is 0.800 bits per heavy atom. The first kappa shape index (κ1) is 23.3. The van der Waals surface area contributed by atoms with Crippen molar-refractivity contribution < 1.29 is 9.47 Å². The summed E-state index contributed by atoms with van der Waals surface area (Å²) in [5.41, 5.74) is 8.75. The largest absolute Gasteiger partial charge is 0.491 e. The van der Waals surface area contributed by atoms with Gasteiger partial charge in [-0.3, -0.25) is 9.88 Å². The summed E-state index contributed by atoms with van der Waals surface area (Å²) in [6.07, 6.45) is 4.49. The summed E-state index contributed by atoms with van der Waals surface area (Å²) < 4.78 is 12.1. The van der Waals surface area contributed by atoms with Crippen molar-refractivity contribution in [2.24, 2.45) is 0 Å². The molecule has 0 unspecified atom stereocenters. The van der Waals surface area contributed by atoms with Crippen molar-refractivity contribution >= 4 is 0 Å². The number of aryl methyl sites for hydroxylation is 1. The Morgan fingerprint density at radius 3 is 2.49 bits per heavy atom. The quantitative estimate of drug-likeness (QED) is 0.369. The van der Waals surface area contributed by atoms with Crippen molar-refractivity contribution in [1.29, 1.82) is 0 Å². The van der Waals surface area contributed by atoms with Crippen LogP contribution in [0.25, 0.3) is 11.1 Å². The Labute approximate surface area is 208 Å². The molecule has 2 bridgehead atoms. The van der Waals surface area contributed by atoms with E-state index in [0.29, 0.717) is 19.8 Å². The molecule has 0 atom stereocenters. The Hall–Kier alpha value is -3.47. The van der Waals surface area contributed by atoms with E-state index in [0.717, 1.165) is 37.4 Å². The first-order valence-electron chi connectivity index (χ1n) is 12.3. The highest BCUT2D eigenvalue weighted by Crippen LogP contribution is 2.29. The van der Waals surface area contributed by atoms with Crippen LogP contribution in [0.3, 0.4) is 0 Å². The lowest BCUT2D eigenvalue weighted by Gasteiger charge is -2.23. The standard InChI is InChI=1S/C31H32N2O2/c1-24-5-7-25(8-6-24)22-33-15-16-34-17-18-35-31-10-9-29(28-11-13-32-14-12-28)21-30(31)20-26-3-2-4-27(19-26)23-33/h2-14,19,21H,15-18,20,22-23H2,1H3. The summed E-state index contributed by atoms with van der Waals surface area (Å²) >= 11 is 0. The molecule has 0 N–H and O–H groups in total. The van der Waals surface area contributed by atoms with Crippen LogP contribution in [-0.4, -0.2) is 36.2 Å². The number of fused-ring (bicyclic) bond motifs is 3. The van der Waals surface area contributed by atoms with E-state index in [-0.39, 0.29) is 0 Å². The minimum Gasteiger partial charge on any atom is -0.491 e. The zero-order valence-corrected chi connectivity index (χ0v) is 20.3. The lowest BCUT2D eigenvalue weighted by molar-refractivity contribution is 0.0757. The molecule has 1 aliphatic heterocycles. The number of ether oxygens (including phenoxy) is 2. The summed E-state index contributed by atoms with van der Waals surface area (Å²) in [5.74, 6) is 0.926. The first-order chi connectivity index (χ1) is 17.2. The van der Waals surface area contributed by atoms with Crippen molar-refractivity contribution in [3.05, 3.63) is 119 Å². The van der Waals surface area contributed by atoms with Gasteiger partial charge in [-0.15, -0.1) is 0 Å². The van der Waals surface area contributed by atoms with Crippen LogP contribution < -0.4 is 4.74 Å². The molecule has 0 fully saturated rings. The number of rotatable bonds is 3. The monoisotopic (exact) mass is 464 g/mol. The van der Waals surface area contributed by atoms with Crippen LogP contribution in [0, 0.1) is 6.92 Å². The second kappa shape index (κ2) is 11.3. The van der Waals surface area contributed by atoms with Crippen LogP contribution in [0.15, 0.2) is 91.3 Å². The van der Waals surface area contributed by atoms with Crippen molar-refractivity contribution in [1.82, 2.24) is 9.88 Å². The predicted molar refractivity (Wildman–Crippen MR) is 141 cm³/mol. The van der Waals surface area contributed by atoms with Crippen LogP contribution in [0.4, 0.5) is 0 Å². The molecule has 1 aliphatic rings. The fraction of sp³-hybridized carbons (Fsp3) is 0.258. The van der Waals surface area contributed by atoms with E-state index in [9.17, 15) is 0 Å². The molecule has 0 radical (unpaired) electrons. The summed E-state index contributed by atoms with van der Waals surface area (Å²) in [4.78, 5) is 6.62. The van der Waals surface area contributed by atoms with Gasteiger partial charge in [0.1, 0.15) is 12.4 Å². The smallest absolute Gasteiger partial charge is 0.122 e. The maximum absolute atomic E-state index is 6.18. The van der Waals surface area contributed by atoms with Crippen molar-refractivity contribution in [3.63, 3.8) is 0 Å². The van der Waals surface area contributed by atoms with Crippen LogP contribution >= 0.6 is 0 Å². The lowest BCUT2D eigenvalue weighted by Crippen LogP contribution is -2.27. The molecule has 0 saturated heterocycles. The number of aromatic nitrogens is 1. The van der Waals surface area contributed by atoms with Gasteiger partial charge in [-0.05, 0) is 64.6 Å². The summed E-state index contributed by atoms with van der Waals surface area (Å²) in [6, 6.07) is 28.3. The molecule has 4 heteroatoms. The van der Waals surface area contributed by atoms with E-state index in [1.54, 1.807) is 0 Å². The zero-order valence-electron chi connectivity index (χ0n) is 20.3. The van der Waals surface area contributed by atoms with E-state index >= 15 is 0 Å². The highest BCUT2D eigenvalue weighted by Gasteiger charge is 2.12. The van der Waals surface area contributed by atoms with Crippen molar-refractivity contribution in [3.8, 4) is 16.9 Å². The molecule has 0 aliphatic carbocycles. The van der Waals surface area contributed by atoms with Gasteiger partial charge in [0.2, 0.25) is 0 Å². The second-order valence-corrected chi connectivity index (χ2v) is 9.21. The average molecular weight is 465 g/mol. The average Bonchev–Trinajstić information content (AvgIpc) is 2.88. The van der Waals surface area contributed by atoms with Gasteiger partial charge in [-0.25, -0.2) is 0 Å². The molecule has 35 heavy (non-hydrogen) atoms. The number of pyridine rings is 1. The molecule has 1 aromatic heterocycles. The summed E-state index contributed by atoms with van der Waals surface area (Å²) in [5, 5.41) is 0. The van der Waals surface area contributed by atoms with Gasteiger partial charge >= 0.3 is 0 Å². The summed E-state index contributed by atoms with van der Waals surface area (Å²) in [6.45, 7) is 6.61. The van der Waals surface area contributed by atoms with Crippen LogP contribution in [-0.2, 0) is 24.2 Å². The predicted octanol–water partition coefficient (Wildman–Crippen LogP) is 6.06. The van der Waals surface area contributed by atoms with E-state index < -0.39 is 0 Å². The number of hydrogen-bond acceptors (Lipinski definition) is 4. The maximum atomic E-state index is 6.18. The molecule has 0 amide bonds. The molecule has 3 aromatic carbocycles. The van der Waals surface area contributed by atoms with Gasteiger partial charge < -0.3 is 9.47 Å². The van der Waals surface area contributed by atoms with Gasteiger partial charge in [0.25, 0.3) is 0 Å². The van der Waals surface area contributed by atoms with Gasteiger partial charge in [0.15, 0.2) is 0 Å². The van der Waals surface area contributed by atoms with E-state index in [1.807, 2.05) is 24.5 Å². The van der Waals surface area contributed by atoms with Gasteiger partial charge in [-0.1, -0.05) is 60.2 Å². The number of nitrogens with zero attached hydrogens (tertiary/aromatic N) is 2. The van der Waals surface area contributed by atoms with Crippen LogP contribution in [0.1, 0.15) is 27.8 Å². The third-order valence-electron chi connectivity index (χ3n) is 6.43. The van der Waals surface area contributed by atoms with E-state index in [1.165, 1.54) is 33.4 Å². The third kappa shape index (κ3) is 6.36. The van der Waals surface area contributed by atoms with E-state index in [2.05, 4.69) is 83.5 Å². The molecule has 0 saturated carbocycles. The van der Waals surface area contributed by atoms with Crippen molar-refractivity contribution in [2.45, 2.75) is 26.4 Å².